The molecule has 3 heterocycles. The molecule has 4 rings (SSSR count). The third-order valence-electron chi connectivity index (χ3n) is 4.99. The predicted molar refractivity (Wildman–Crippen MR) is 87.6 cm³/mol. The van der Waals surface area contributed by atoms with Crippen molar-refractivity contribution in [2.75, 3.05) is 36.8 Å². The lowest BCUT2D eigenvalue weighted by atomic mass is 10.1. The van der Waals surface area contributed by atoms with Crippen LogP contribution in [0, 0.1) is 0 Å². The number of rotatable bonds is 2. The maximum absolute atomic E-state index is 6.08. The molecular formula is C17H22N4. The van der Waals surface area contributed by atoms with E-state index in [1.807, 2.05) is 18.5 Å². The van der Waals surface area contributed by atoms with Gasteiger partial charge < -0.3 is 10.6 Å². The number of hydrogen-bond acceptors (Lipinski definition) is 4. The second kappa shape index (κ2) is 5.19. The number of hydrogen-bond donors (Lipinski definition) is 1. The van der Waals surface area contributed by atoms with E-state index >= 15 is 0 Å². The number of nitrogen functional groups attached to an aromatic ring is 1. The topological polar surface area (TPSA) is 45.4 Å². The van der Waals surface area contributed by atoms with E-state index in [2.05, 4.69) is 26.9 Å². The second-order valence-electron chi connectivity index (χ2n) is 6.23. The van der Waals surface area contributed by atoms with Crippen LogP contribution in [0.5, 0.6) is 0 Å². The summed E-state index contributed by atoms with van der Waals surface area (Å²) in [7, 11) is 0. The fourth-order valence-electron chi connectivity index (χ4n) is 3.84. The van der Waals surface area contributed by atoms with Gasteiger partial charge in [-0.1, -0.05) is 0 Å². The molecule has 21 heavy (non-hydrogen) atoms. The molecule has 0 amide bonds. The van der Waals surface area contributed by atoms with Crippen LogP contribution in [-0.2, 0) is 0 Å². The fraction of sp³-hybridized carbons (Fsp3) is 0.471. The average Bonchev–Trinajstić information content (AvgIpc) is 3.19. The molecule has 0 aliphatic carbocycles. The van der Waals surface area contributed by atoms with Crippen molar-refractivity contribution >= 4 is 22.1 Å². The third-order valence-corrected chi connectivity index (χ3v) is 4.99. The Bertz CT molecular complexity index is 648. The molecule has 2 saturated heterocycles. The van der Waals surface area contributed by atoms with E-state index in [-0.39, 0.29) is 0 Å². The summed E-state index contributed by atoms with van der Waals surface area (Å²) in [6, 6.07) is 7.00. The van der Waals surface area contributed by atoms with Gasteiger partial charge in [0.2, 0.25) is 0 Å². The lowest BCUT2D eigenvalue weighted by molar-refractivity contribution is 0.260. The molecule has 2 aromatic rings. The highest BCUT2D eigenvalue weighted by Crippen LogP contribution is 2.33. The summed E-state index contributed by atoms with van der Waals surface area (Å²) in [6.07, 6.45) is 7.75. The summed E-state index contributed by atoms with van der Waals surface area (Å²) >= 11 is 0. The minimum Gasteiger partial charge on any atom is -0.398 e. The molecule has 1 unspecified atom stereocenters. The molecule has 1 aromatic heterocycles. The maximum Gasteiger partial charge on any atom is 0.0449 e. The molecule has 2 aliphatic rings. The van der Waals surface area contributed by atoms with Gasteiger partial charge in [-0.2, -0.15) is 0 Å². The Hall–Kier alpha value is -1.81. The van der Waals surface area contributed by atoms with Crippen LogP contribution in [0.3, 0.4) is 0 Å². The van der Waals surface area contributed by atoms with Crippen molar-refractivity contribution in [3.63, 3.8) is 0 Å². The predicted octanol–water partition coefficient (Wildman–Crippen LogP) is 2.49. The molecule has 0 radical (unpaired) electrons. The van der Waals surface area contributed by atoms with E-state index < -0.39 is 0 Å². The monoisotopic (exact) mass is 282 g/mol. The number of aromatic nitrogens is 1. The number of nitrogens with two attached hydrogens (primary N) is 1. The minimum atomic E-state index is 0.724. The molecule has 2 N–H and O–H groups in total. The van der Waals surface area contributed by atoms with Gasteiger partial charge in [0, 0.05) is 53.7 Å². The zero-order chi connectivity index (χ0) is 14.2. The normalized spacial score (nSPS) is 23.2. The van der Waals surface area contributed by atoms with Crippen LogP contribution in [0.25, 0.3) is 10.8 Å². The smallest absolute Gasteiger partial charge is 0.0449 e. The van der Waals surface area contributed by atoms with Gasteiger partial charge in [-0.15, -0.1) is 0 Å². The first-order valence-electron chi connectivity index (χ1n) is 7.94. The molecule has 1 atom stereocenters. The lowest BCUT2D eigenvalue weighted by Gasteiger charge is -2.25. The lowest BCUT2D eigenvalue weighted by Crippen LogP contribution is -2.35. The van der Waals surface area contributed by atoms with Gasteiger partial charge in [-0.05, 0) is 50.6 Å². The highest BCUT2D eigenvalue weighted by atomic mass is 15.3. The van der Waals surface area contributed by atoms with Gasteiger partial charge in [-0.3, -0.25) is 9.88 Å². The first kappa shape index (κ1) is 12.9. The maximum atomic E-state index is 6.08. The Kier molecular flexibility index (Phi) is 3.19. The van der Waals surface area contributed by atoms with Crippen molar-refractivity contribution in [3.05, 3.63) is 30.6 Å². The van der Waals surface area contributed by atoms with Gasteiger partial charge in [0.1, 0.15) is 0 Å². The second-order valence-corrected chi connectivity index (χ2v) is 6.23. The number of likely N-dealkylation sites (tertiary alicyclic amines) is 1. The van der Waals surface area contributed by atoms with Crippen molar-refractivity contribution in [3.8, 4) is 0 Å². The molecule has 0 spiro atoms. The van der Waals surface area contributed by atoms with Crippen LogP contribution in [0.1, 0.15) is 19.3 Å². The van der Waals surface area contributed by atoms with Crippen molar-refractivity contribution in [2.45, 2.75) is 25.3 Å². The largest absolute Gasteiger partial charge is 0.398 e. The van der Waals surface area contributed by atoms with Crippen LogP contribution in [0.15, 0.2) is 30.6 Å². The number of anilines is 2. The Labute approximate surface area is 125 Å². The van der Waals surface area contributed by atoms with Crippen LogP contribution in [-0.4, -0.2) is 42.1 Å². The van der Waals surface area contributed by atoms with E-state index in [4.69, 9.17) is 5.73 Å². The molecule has 2 aliphatic heterocycles. The number of pyridine rings is 1. The van der Waals surface area contributed by atoms with E-state index in [1.165, 1.54) is 43.4 Å². The van der Waals surface area contributed by atoms with E-state index in [0.29, 0.717) is 0 Å². The Morgan fingerprint density at radius 3 is 2.76 bits per heavy atom. The number of fused-ring (bicyclic) bond motifs is 1. The summed E-state index contributed by atoms with van der Waals surface area (Å²) in [6.45, 7) is 4.85. The van der Waals surface area contributed by atoms with Gasteiger partial charge in [-0.25, -0.2) is 0 Å². The van der Waals surface area contributed by atoms with Gasteiger partial charge in [0.05, 0.1) is 0 Å². The molecule has 1 aromatic carbocycles. The fourth-order valence-corrected chi connectivity index (χ4v) is 3.84. The molecule has 0 saturated carbocycles. The van der Waals surface area contributed by atoms with Crippen LogP contribution < -0.4 is 10.6 Å². The number of nitrogens with zero attached hydrogens (tertiary/aromatic N) is 3. The van der Waals surface area contributed by atoms with Crippen LogP contribution in [0.2, 0.25) is 0 Å². The summed E-state index contributed by atoms with van der Waals surface area (Å²) in [5, 5.41) is 2.30. The average molecular weight is 282 g/mol. The molecule has 4 nitrogen and oxygen atoms in total. The first-order chi connectivity index (χ1) is 10.3. The standard InChI is InChI=1S/C17H22N4/c18-16-3-4-17(14-5-7-19-11-15(14)16)21-10-6-13(12-21)20-8-1-2-9-20/h3-5,7,11,13H,1-2,6,8-10,12,18H2. The van der Waals surface area contributed by atoms with Crippen molar-refractivity contribution in [1.29, 1.82) is 0 Å². The summed E-state index contributed by atoms with van der Waals surface area (Å²) in [5.74, 6) is 0. The van der Waals surface area contributed by atoms with E-state index in [0.717, 1.165) is 30.2 Å². The summed E-state index contributed by atoms with van der Waals surface area (Å²) in [5.41, 5.74) is 8.21. The Morgan fingerprint density at radius 1 is 1.05 bits per heavy atom. The van der Waals surface area contributed by atoms with Crippen LogP contribution in [0.4, 0.5) is 11.4 Å². The molecule has 110 valence electrons. The van der Waals surface area contributed by atoms with E-state index in [1.54, 1.807) is 0 Å². The van der Waals surface area contributed by atoms with E-state index in [9.17, 15) is 0 Å². The molecular weight excluding hydrogens is 260 g/mol. The summed E-state index contributed by atoms with van der Waals surface area (Å²) < 4.78 is 0. The Morgan fingerprint density at radius 2 is 1.90 bits per heavy atom. The number of benzene rings is 1. The molecule has 4 heteroatoms. The minimum absolute atomic E-state index is 0.724. The molecule has 2 fully saturated rings. The van der Waals surface area contributed by atoms with Gasteiger partial charge >= 0.3 is 0 Å². The zero-order valence-corrected chi connectivity index (χ0v) is 12.3. The Balaban J connectivity index is 1.64. The van der Waals surface area contributed by atoms with Gasteiger partial charge in [0.15, 0.2) is 0 Å². The highest BCUT2D eigenvalue weighted by Gasteiger charge is 2.29. The summed E-state index contributed by atoms with van der Waals surface area (Å²) in [4.78, 5) is 9.40. The van der Waals surface area contributed by atoms with Crippen LogP contribution >= 0.6 is 0 Å². The van der Waals surface area contributed by atoms with Crippen molar-refractivity contribution in [1.82, 2.24) is 9.88 Å². The third kappa shape index (κ3) is 2.23. The first-order valence-corrected chi connectivity index (χ1v) is 7.94. The SMILES string of the molecule is Nc1ccc(N2CCC(N3CCCC3)C2)c2ccncc12. The van der Waals surface area contributed by atoms with Crippen molar-refractivity contribution in [2.24, 2.45) is 0 Å². The molecule has 0 bridgehead atoms. The quantitative estimate of drug-likeness (QED) is 0.860. The zero-order valence-electron chi connectivity index (χ0n) is 12.3. The highest BCUT2D eigenvalue weighted by molar-refractivity contribution is 6.00. The van der Waals surface area contributed by atoms with Gasteiger partial charge in [0.25, 0.3) is 0 Å². The van der Waals surface area contributed by atoms with Crippen molar-refractivity contribution < 1.29 is 0 Å².